The molecule has 0 amide bonds. The number of aromatic nitrogens is 2. The van der Waals surface area contributed by atoms with E-state index in [0.717, 1.165) is 4.88 Å². The molecular formula is C10H12ClN3O3S2. The number of aliphatic hydroxyl groups excluding tert-OH is 1. The molecule has 104 valence electrons. The number of nitrogens with zero attached hydrogens (tertiary/aromatic N) is 1. The molecule has 0 saturated heterocycles. The lowest BCUT2D eigenvalue weighted by Crippen LogP contribution is -2.24. The van der Waals surface area contributed by atoms with E-state index in [-0.39, 0.29) is 23.7 Å². The highest BCUT2D eigenvalue weighted by atomic mass is 35.5. The minimum Gasteiger partial charge on any atom is -0.392 e. The van der Waals surface area contributed by atoms with Gasteiger partial charge in [0.25, 0.3) is 10.0 Å². The molecule has 0 unspecified atom stereocenters. The number of hydrogen-bond acceptors (Lipinski definition) is 5. The number of thiophene rings is 1. The van der Waals surface area contributed by atoms with E-state index in [2.05, 4.69) is 14.9 Å². The molecule has 0 aromatic carbocycles. The van der Waals surface area contributed by atoms with E-state index in [1.807, 2.05) is 0 Å². The maximum absolute atomic E-state index is 12.1. The fourth-order valence-corrected chi connectivity index (χ4v) is 3.83. The fraction of sp³-hybridized carbons (Fsp3) is 0.300. The third-order valence-corrected chi connectivity index (χ3v) is 5.12. The first kappa shape index (κ1) is 14.5. The zero-order valence-corrected chi connectivity index (χ0v) is 12.4. The average molecular weight is 322 g/mol. The lowest BCUT2D eigenvalue weighted by molar-refractivity contribution is 0.277. The van der Waals surface area contributed by atoms with E-state index in [1.54, 1.807) is 19.1 Å². The average Bonchev–Trinajstić information content (AvgIpc) is 2.93. The number of rotatable bonds is 5. The Kier molecular flexibility index (Phi) is 4.26. The Labute approximate surface area is 119 Å². The molecular weight excluding hydrogens is 310 g/mol. The van der Waals surface area contributed by atoms with Gasteiger partial charge < -0.3 is 5.11 Å². The fourth-order valence-electron chi connectivity index (χ4n) is 1.52. The summed E-state index contributed by atoms with van der Waals surface area (Å²) in [6, 6.07) is 3.45. The predicted octanol–water partition coefficient (Wildman–Crippen LogP) is 1.40. The Morgan fingerprint density at radius 3 is 2.84 bits per heavy atom. The van der Waals surface area contributed by atoms with Crippen LogP contribution in [0.15, 0.2) is 17.2 Å². The summed E-state index contributed by atoms with van der Waals surface area (Å²) in [7, 11) is -3.76. The van der Waals surface area contributed by atoms with Crippen molar-refractivity contribution in [1.82, 2.24) is 14.9 Å². The first-order valence-electron chi connectivity index (χ1n) is 5.32. The second-order valence-corrected chi connectivity index (χ2v) is 7.30. The Morgan fingerprint density at radius 1 is 1.53 bits per heavy atom. The van der Waals surface area contributed by atoms with Gasteiger partial charge in [-0.3, -0.25) is 5.10 Å². The highest BCUT2D eigenvalue weighted by molar-refractivity contribution is 7.89. The molecule has 0 radical (unpaired) electrons. The molecule has 19 heavy (non-hydrogen) atoms. The van der Waals surface area contributed by atoms with Crippen molar-refractivity contribution >= 4 is 33.0 Å². The maximum atomic E-state index is 12.1. The molecule has 2 rings (SSSR count). The van der Waals surface area contributed by atoms with Crippen LogP contribution in [-0.4, -0.2) is 23.7 Å². The van der Waals surface area contributed by atoms with Crippen molar-refractivity contribution in [3.8, 4) is 0 Å². The van der Waals surface area contributed by atoms with Crippen LogP contribution in [0.3, 0.4) is 0 Å². The Balaban J connectivity index is 2.18. The first-order valence-corrected chi connectivity index (χ1v) is 8.00. The molecule has 0 atom stereocenters. The summed E-state index contributed by atoms with van der Waals surface area (Å²) in [6.07, 6.45) is 0. The van der Waals surface area contributed by atoms with E-state index in [0.29, 0.717) is 10.0 Å². The van der Waals surface area contributed by atoms with Gasteiger partial charge in [-0.1, -0.05) is 11.6 Å². The molecule has 0 fully saturated rings. The molecule has 9 heteroatoms. The van der Waals surface area contributed by atoms with E-state index < -0.39 is 10.0 Å². The van der Waals surface area contributed by atoms with Crippen LogP contribution in [0.1, 0.15) is 16.1 Å². The molecule has 0 aliphatic rings. The Morgan fingerprint density at radius 2 is 2.26 bits per heavy atom. The molecule has 0 spiro atoms. The zero-order valence-electron chi connectivity index (χ0n) is 9.97. The largest absolute Gasteiger partial charge is 0.392 e. The number of halogens is 1. The zero-order chi connectivity index (χ0) is 14.0. The third-order valence-electron chi connectivity index (χ3n) is 2.51. The van der Waals surface area contributed by atoms with Gasteiger partial charge in [-0.05, 0) is 19.1 Å². The van der Waals surface area contributed by atoms with E-state index in [4.69, 9.17) is 11.6 Å². The summed E-state index contributed by atoms with van der Waals surface area (Å²) < 4.78 is 27.2. The van der Waals surface area contributed by atoms with Crippen LogP contribution >= 0.6 is 22.9 Å². The van der Waals surface area contributed by atoms with Crippen LogP contribution in [-0.2, 0) is 23.2 Å². The Bertz CT molecular complexity index is 678. The van der Waals surface area contributed by atoms with Crippen molar-refractivity contribution in [2.75, 3.05) is 0 Å². The van der Waals surface area contributed by atoms with Crippen LogP contribution < -0.4 is 4.72 Å². The van der Waals surface area contributed by atoms with Gasteiger partial charge in [0.1, 0.15) is 0 Å². The van der Waals surface area contributed by atoms with Crippen LogP contribution in [0.2, 0.25) is 4.34 Å². The summed E-state index contributed by atoms with van der Waals surface area (Å²) in [5.74, 6) is 0. The molecule has 2 aromatic heterocycles. The Hall–Kier alpha value is -0.930. The number of aromatic amines is 1. The standard InChI is InChI=1S/C10H12ClN3O3S2/c1-6-8(5-15)10(14-13-6)19(16,17)12-4-7-2-3-9(11)18-7/h2-3,12,15H,4-5H2,1H3,(H,13,14). The van der Waals surface area contributed by atoms with Crippen LogP contribution in [0.5, 0.6) is 0 Å². The maximum Gasteiger partial charge on any atom is 0.260 e. The van der Waals surface area contributed by atoms with Crippen molar-refractivity contribution in [2.45, 2.75) is 25.1 Å². The van der Waals surface area contributed by atoms with Gasteiger partial charge in [0.15, 0.2) is 5.03 Å². The molecule has 0 saturated carbocycles. The van der Waals surface area contributed by atoms with Crippen molar-refractivity contribution in [1.29, 1.82) is 0 Å². The van der Waals surface area contributed by atoms with E-state index in [1.165, 1.54) is 11.3 Å². The van der Waals surface area contributed by atoms with Gasteiger partial charge in [0.2, 0.25) is 0 Å². The molecule has 3 N–H and O–H groups in total. The first-order chi connectivity index (χ1) is 8.94. The van der Waals surface area contributed by atoms with Crippen molar-refractivity contribution in [2.24, 2.45) is 0 Å². The second-order valence-electron chi connectivity index (χ2n) is 3.82. The number of aryl methyl sites for hydroxylation is 1. The number of H-pyrrole nitrogens is 1. The lowest BCUT2D eigenvalue weighted by Gasteiger charge is -2.04. The molecule has 2 heterocycles. The summed E-state index contributed by atoms with van der Waals surface area (Å²) in [5, 5.41) is 15.3. The van der Waals surface area contributed by atoms with Crippen molar-refractivity contribution in [3.05, 3.63) is 32.6 Å². The van der Waals surface area contributed by atoms with Crippen molar-refractivity contribution in [3.63, 3.8) is 0 Å². The minimum atomic E-state index is -3.76. The van der Waals surface area contributed by atoms with Crippen molar-refractivity contribution < 1.29 is 13.5 Å². The highest BCUT2D eigenvalue weighted by Crippen LogP contribution is 2.22. The highest BCUT2D eigenvalue weighted by Gasteiger charge is 2.23. The molecule has 0 aliphatic heterocycles. The monoisotopic (exact) mass is 321 g/mol. The van der Waals surface area contributed by atoms with Gasteiger partial charge in [0, 0.05) is 22.7 Å². The van der Waals surface area contributed by atoms with E-state index >= 15 is 0 Å². The van der Waals surface area contributed by atoms with Gasteiger partial charge in [-0.2, -0.15) is 5.10 Å². The van der Waals surface area contributed by atoms with Gasteiger partial charge in [-0.25, -0.2) is 13.1 Å². The normalized spacial score (nSPS) is 11.9. The molecule has 2 aromatic rings. The number of hydrogen-bond donors (Lipinski definition) is 3. The third kappa shape index (κ3) is 3.15. The summed E-state index contributed by atoms with van der Waals surface area (Å²) in [6.45, 7) is 1.40. The predicted molar refractivity (Wildman–Crippen MR) is 72.6 cm³/mol. The number of aliphatic hydroxyl groups is 1. The smallest absolute Gasteiger partial charge is 0.260 e. The van der Waals surface area contributed by atoms with Gasteiger partial charge >= 0.3 is 0 Å². The summed E-state index contributed by atoms with van der Waals surface area (Å²) in [5.41, 5.74) is 0.804. The van der Waals surface area contributed by atoms with Crippen LogP contribution in [0, 0.1) is 6.92 Å². The molecule has 0 aliphatic carbocycles. The van der Waals surface area contributed by atoms with Crippen LogP contribution in [0.4, 0.5) is 0 Å². The lowest BCUT2D eigenvalue weighted by atomic mass is 10.3. The van der Waals surface area contributed by atoms with Gasteiger partial charge in [-0.15, -0.1) is 11.3 Å². The molecule has 6 nitrogen and oxygen atoms in total. The topological polar surface area (TPSA) is 95.1 Å². The van der Waals surface area contributed by atoms with Crippen LogP contribution in [0.25, 0.3) is 0 Å². The van der Waals surface area contributed by atoms with E-state index in [9.17, 15) is 13.5 Å². The SMILES string of the molecule is Cc1[nH]nc(S(=O)(=O)NCc2ccc(Cl)s2)c1CO. The number of nitrogens with one attached hydrogen (secondary N) is 2. The minimum absolute atomic E-state index is 0.135. The molecule has 0 bridgehead atoms. The summed E-state index contributed by atoms with van der Waals surface area (Å²) >= 11 is 7.07. The second kappa shape index (κ2) is 5.59. The quantitative estimate of drug-likeness (QED) is 0.775. The van der Waals surface area contributed by atoms with Gasteiger partial charge in [0.05, 0.1) is 10.9 Å². The number of sulfonamides is 1. The summed E-state index contributed by atoms with van der Waals surface area (Å²) in [4.78, 5) is 0.798.